The number of hydrogen-bond donors (Lipinski definition) is 2. The summed E-state index contributed by atoms with van der Waals surface area (Å²) in [7, 11) is 0. The number of H-pyrrole nitrogens is 1. The summed E-state index contributed by atoms with van der Waals surface area (Å²) >= 11 is 5.93. The zero-order chi connectivity index (χ0) is 20.2. The molecule has 0 saturated heterocycles. The molecule has 5 nitrogen and oxygen atoms in total. The fourth-order valence-corrected chi connectivity index (χ4v) is 3.03. The molecule has 0 aliphatic rings. The Morgan fingerprint density at radius 2 is 1.76 bits per heavy atom. The predicted octanol–water partition coefficient (Wildman–Crippen LogP) is 5.36. The molecule has 0 fully saturated rings. The first-order chi connectivity index (χ1) is 14.1. The van der Waals surface area contributed by atoms with Crippen molar-refractivity contribution in [2.75, 3.05) is 5.32 Å². The number of para-hydroxylation sites is 2. The number of carbonyl (C=O) groups is 2. The molecule has 4 aromatic rings. The minimum absolute atomic E-state index is 0.219. The Labute approximate surface area is 172 Å². The van der Waals surface area contributed by atoms with E-state index in [0.717, 1.165) is 16.6 Å². The molecule has 1 heterocycles. The minimum atomic E-state index is -0.235. The lowest BCUT2D eigenvalue weighted by molar-refractivity contribution is 0.102. The maximum Gasteiger partial charge on any atom is 0.255 e. The molecule has 29 heavy (non-hydrogen) atoms. The summed E-state index contributed by atoms with van der Waals surface area (Å²) in [4.78, 5) is 32.0. The topological polar surface area (TPSA) is 74.8 Å². The number of fused-ring (bicyclic) bond motifs is 1. The van der Waals surface area contributed by atoms with Crippen LogP contribution in [0.25, 0.3) is 17.1 Å². The Balaban J connectivity index is 1.43. The summed E-state index contributed by atoms with van der Waals surface area (Å²) in [5, 5.41) is 3.35. The number of nitrogens with one attached hydrogen (secondary N) is 2. The van der Waals surface area contributed by atoms with Gasteiger partial charge < -0.3 is 10.3 Å². The van der Waals surface area contributed by atoms with Crippen LogP contribution in [0.2, 0.25) is 5.02 Å². The van der Waals surface area contributed by atoms with Gasteiger partial charge in [0, 0.05) is 16.3 Å². The van der Waals surface area contributed by atoms with E-state index in [-0.39, 0.29) is 11.7 Å². The molecule has 1 amide bonds. The van der Waals surface area contributed by atoms with E-state index >= 15 is 0 Å². The van der Waals surface area contributed by atoms with E-state index in [1.807, 2.05) is 24.3 Å². The molecule has 0 unspecified atom stereocenters. The second kappa shape index (κ2) is 8.12. The number of imidazole rings is 1. The van der Waals surface area contributed by atoms with Gasteiger partial charge in [-0.15, -0.1) is 0 Å². The highest BCUT2D eigenvalue weighted by atomic mass is 35.5. The van der Waals surface area contributed by atoms with E-state index in [1.54, 1.807) is 54.6 Å². The molecule has 6 heteroatoms. The molecule has 4 rings (SSSR count). The van der Waals surface area contributed by atoms with Gasteiger partial charge in [0.1, 0.15) is 0 Å². The third-order valence-corrected chi connectivity index (χ3v) is 4.54. The number of anilines is 1. The highest BCUT2D eigenvalue weighted by Gasteiger charge is 2.09. The van der Waals surface area contributed by atoms with Gasteiger partial charge in [0.2, 0.25) is 5.78 Å². The van der Waals surface area contributed by atoms with Gasteiger partial charge in [0.05, 0.1) is 11.0 Å². The number of hydrogen-bond acceptors (Lipinski definition) is 3. The van der Waals surface area contributed by atoms with Crippen molar-refractivity contribution in [3.63, 3.8) is 0 Å². The third-order valence-electron chi connectivity index (χ3n) is 4.31. The quantitative estimate of drug-likeness (QED) is 0.349. The first-order valence-electron chi connectivity index (χ1n) is 8.93. The summed E-state index contributed by atoms with van der Waals surface area (Å²) in [6.45, 7) is 0. The molecule has 1 aromatic heterocycles. The monoisotopic (exact) mass is 401 g/mol. The molecule has 0 bridgehead atoms. The van der Waals surface area contributed by atoms with Crippen LogP contribution in [0.15, 0.2) is 78.9 Å². The maximum atomic E-state index is 12.3. The molecular weight excluding hydrogens is 386 g/mol. The predicted molar refractivity (Wildman–Crippen MR) is 115 cm³/mol. The fourth-order valence-electron chi connectivity index (χ4n) is 2.84. The van der Waals surface area contributed by atoms with Crippen molar-refractivity contribution >= 4 is 46.1 Å². The molecule has 0 atom stereocenters. The average Bonchev–Trinajstić information content (AvgIpc) is 3.17. The van der Waals surface area contributed by atoms with Gasteiger partial charge in [0.15, 0.2) is 5.82 Å². The Hall–Kier alpha value is -3.70. The number of benzene rings is 3. The van der Waals surface area contributed by atoms with Crippen LogP contribution in [-0.4, -0.2) is 21.7 Å². The van der Waals surface area contributed by atoms with Crippen molar-refractivity contribution in [3.8, 4) is 0 Å². The number of ketones is 1. The summed E-state index contributed by atoms with van der Waals surface area (Å²) in [5.74, 6) is -0.162. The zero-order valence-corrected chi connectivity index (χ0v) is 16.0. The van der Waals surface area contributed by atoms with Crippen molar-refractivity contribution in [3.05, 3.63) is 101 Å². The van der Waals surface area contributed by atoms with E-state index < -0.39 is 0 Å². The van der Waals surface area contributed by atoms with Crippen LogP contribution in [0.1, 0.15) is 26.5 Å². The van der Waals surface area contributed by atoms with Crippen molar-refractivity contribution < 1.29 is 9.59 Å². The van der Waals surface area contributed by atoms with Gasteiger partial charge in [-0.25, -0.2) is 4.98 Å². The number of carbonyl (C=O) groups excluding carboxylic acids is 2. The lowest BCUT2D eigenvalue weighted by Crippen LogP contribution is -2.11. The third kappa shape index (κ3) is 4.42. The van der Waals surface area contributed by atoms with Crippen LogP contribution in [0.4, 0.5) is 5.69 Å². The van der Waals surface area contributed by atoms with Gasteiger partial charge >= 0.3 is 0 Å². The smallest absolute Gasteiger partial charge is 0.255 e. The standard InChI is InChI=1S/C23H16ClN3O2/c24-17-4-3-5-18(14-17)25-23(29)16-11-8-15(9-12-16)10-13-21(28)22-26-19-6-1-2-7-20(19)27-22/h1-14H,(H,25,29)(H,26,27). The van der Waals surface area contributed by atoms with Crippen molar-refractivity contribution in [1.82, 2.24) is 9.97 Å². The van der Waals surface area contributed by atoms with Gasteiger partial charge in [0.25, 0.3) is 5.91 Å². The average molecular weight is 402 g/mol. The summed E-state index contributed by atoms with van der Waals surface area (Å²) in [6.07, 6.45) is 3.15. The van der Waals surface area contributed by atoms with Crippen LogP contribution in [0.3, 0.4) is 0 Å². The van der Waals surface area contributed by atoms with E-state index in [4.69, 9.17) is 11.6 Å². The first-order valence-corrected chi connectivity index (χ1v) is 9.30. The Kier molecular flexibility index (Phi) is 5.22. The number of aromatic nitrogens is 2. The van der Waals surface area contributed by atoms with Crippen LogP contribution in [0, 0.1) is 0 Å². The van der Waals surface area contributed by atoms with Crippen LogP contribution < -0.4 is 5.32 Å². The Morgan fingerprint density at radius 1 is 0.966 bits per heavy atom. The molecule has 0 saturated carbocycles. The first kappa shape index (κ1) is 18.7. The molecule has 0 radical (unpaired) electrons. The number of rotatable bonds is 5. The lowest BCUT2D eigenvalue weighted by atomic mass is 10.1. The fraction of sp³-hybridized carbons (Fsp3) is 0. The van der Waals surface area contributed by atoms with Gasteiger partial charge in [-0.3, -0.25) is 9.59 Å². The lowest BCUT2D eigenvalue weighted by Gasteiger charge is -2.05. The van der Waals surface area contributed by atoms with E-state index in [1.165, 1.54) is 6.08 Å². The molecule has 0 spiro atoms. The molecule has 0 aliphatic carbocycles. The van der Waals surface area contributed by atoms with E-state index in [2.05, 4.69) is 15.3 Å². The highest BCUT2D eigenvalue weighted by Crippen LogP contribution is 2.16. The number of nitrogens with zero attached hydrogens (tertiary/aromatic N) is 1. The largest absolute Gasteiger partial charge is 0.335 e. The van der Waals surface area contributed by atoms with E-state index in [0.29, 0.717) is 22.1 Å². The van der Waals surface area contributed by atoms with Crippen molar-refractivity contribution in [2.45, 2.75) is 0 Å². The number of aromatic amines is 1. The molecule has 2 N–H and O–H groups in total. The molecule has 3 aromatic carbocycles. The van der Waals surface area contributed by atoms with Gasteiger partial charge in [-0.2, -0.15) is 0 Å². The van der Waals surface area contributed by atoms with Gasteiger partial charge in [-0.1, -0.05) is 48.0 Å². The van der Waals surface area contributed by atoms with Crippen LogP contribution in [-0.2, 0) is 0 Å². The second-order valence-electron chi connectivity index (χ2n) is 6.39. The number of amides is 1. The summed E-state index contributed by atoms with van der Waals surface area (Å²) in [5.41, 5.74) is 3.50. The Bertz CT molecular complexity index is 1190. The Morgan fingerprint density at radius 3 is 2.52 bits per heavy atom. The maximum absolute atomic E-state index is 12.3. The number of halogens is 1. The SMILES string of the molecule is O=C(Nc1cccc(Cl)c1)c1ccc(C=CC(=O)c2nc3ccccc3[nH]2)cc1. The van der Waals surface area contributed by atoms with Crippen molar-refractivity contribution in [1.29, 1.82) is 0 Å². The molecular formula is C23H16ClN3O2. The molecule has 0 aliphatic heterocycles. The number of allylic oxidation sites excluding steroid dienone is 1. The van der Waals surface area contributed by atoms with Crippen LogP contribution >= 0.6 is 11.6 Å². The molecule has 142 valence electrons. The minimum Gasteiger partial charge on any atom is -0.335 e. The second-order valence-corrected chi connectivity index (χ2v) is 6.82. The summed E-state index contributed by atoms with van der Waals surface area (Å²) in [6, 6.07) is 21.4. The van der Waals surface area contributed by atoms with Gasteiger partial charge in [-0.05, 0) is 54.1 Å². The summed E-state index contributed by atoms with van der Waals surface area (Å²) < 4.78 is 0. The zero-order valence-electron chi connectivity index (χ0n) is 15.2. The highest BCUT2D eigenvalue weighted by molar-refractivity contribution is 6.31. The normalized spacial score (nSPS) is 11.1. The van der Waals surface area contributed by atoms with Crippen LogP contribution in [0.5, 0.6) is 0 Å². The van der Waals surface area contributed by atoms with Crippen molar-refractivity contribution in [2.24, 2.45) is 0 Å². The van der Waals surface area contributed by atoms with E-state index in [9.17, 15) is 9.59 Å².